The van der Waals surface area contributed by atoms with Gasteiger partial charge in [-0.2, -0.15) is 0 Å². The number of fused-ring (bicyclic) bond motifs is 1. The lowest BCUT2D eigenvalue weighted by Gasteiger charge is -2.35. The first-order valence-corrected chi connectivity index (χ1v) is 12.0. The number of sulfone groups is 1. The molecule has 2 aromatic carbocycles. The summed E-state index contributed by atoms with van der Waals surface area (Å²) in [6.07, 6.45) is 4.45. The van der Waals surface area contributed by atoms with E-state index in [1.54, 1.807) is 43.7 Å². The van der Waals surface area contributed by atoms with E-state index < -0.39 is 21.1 Å². The second kappa shape index (κ2) is 7.79. The summed E-state index contributed by atoms with van der Waals surface area (Å²) in [7, 11) is -2.37. The molecule has 0 radical (unpaired) electrons. The molecule has 1 aliphatic heterocycles. The SMILES string of the molecule is Cc1ccc(C)c(S(=O)(=O)c2cn(C)c3cc(N4CCCC[C@H]4C)c(F)cc3c2=O)c1. The number of rotatable bonds is 3. The summed E-state index contributed by atoms with van der Waals surface area (Å²) in [5.41, 5.74) is 1.64. The molecule has 1 aromatic heterocycles. The number of nitrogens with zero attached hydrogens (tertiary/aromatic N) is 2. The van der Waals surface area contributed by atoms with Crippen molar-refractivity contribution in [1.82, 2.24) is 4.57 Å². The number of pyridine rings is 1. The van der Waals surface area contributed by atoms with Crippen molar-refractivity contribution in [3.8, 4) is 0 Å². The number of hydrogen-bond acceptors (Lipinski definition) is 4. The van der Waals surface area contributed by atoms with Crippen LogP contribution in [0.3, 0.4) is 0 Å². The Morgan fingerprint density at radius 3 is 2.52 bits per heavy atom. The van der Waals surface area contributed by atoms with Crippen LogP contribution in [-0.2, 0) is 16.9 Å². The molecular weight excluding hydrogens is 415 g/mol. The molecule has 0 saturated carbocycles. The third-order valence-corrected chi connectivity index (χ3v) is 8.15. The minimum absolute atomic E-state index is 0.0693. The van der Waals surface area contributed by atoms with Gasteiger partial charge in [0.05, 0.1) is 21.5 Å². The van der Waals surface area contributed by atoms with Crippen LogP contribution in [0.1, 0.15) is 37.3 Å². The van der Waals surface area contributed by atoms with E-state index in [2.05, 4.69) is 6.92 Å². The fourth-order valence-electron chi connectivity index (χ4n) is 4.44. The molecule has 5 nitrogen and oxygen atoms in total. The average molecular weight is 443 g/mol. The van der Waals surface area contributed by atoms with E-state index in [1.807, 2.05) is 11.0 Å². The van der Waals surface area contributed by atoms with Gasteiger partial charge in [0.15, 0.2) is 0 Å². The van der Waals surface area contributed by atoms with Crippen LogP contribution in [0.4, 0.5) is 10.1 Å². The third-order valence-electron chi connectivity index (χ3n) is 6.26. The molecule has 0 aliphatic carbocycles. The van der Waals surface area contributed by atoms with Crippen LogP contribution in [0.2, 0.25) is 0 Å². The maximum absolute atomic E-state index is 15.1. The van der Waals surface area contributed by atoms with Crippen molar-refractivity contribution >= 4 is 26.4 Å². The van der Waals surface area contributed by atoms with E-state index in [-0.39, 0.29) is 21.2 Å². The van der Waals surface area contributed by atoms with Crippen LogP contribution in [0.25, 0.3) is 10.9 Å². The standard InChI is InChI=1S/C24H27FN2O3S/c1-15-8-9-16(2)22(11-15)31(29,30)23-14-26(4)20-13-21(19(25)12-18(20)24(23)28)27-10-6-5-7-17(27)3/h8-9,11-14,17H,5-7,10H2,1-4H3/t17-/m1/s1. The highest BCUT2D eigenvalue weighted by Crippen LogP contribution is 2.31. The van der Waals surface area contributed by atoms with Gasteiger partial charge in [-0.25, -0.2) is 12.8 Å². The van der Waals surface area contributed by atoms with Gasteiger partial charge in [-0.1, -0.05) is 12.1 Å². The summed E-state index contributed by atoms with van der Waals surface area (Å²) in [5, 5.41) is 0.0693. The number of halogens is 1. The lowest BCUT2D eigenvalue weighted by molar-refractivity contribution is 0.476. The minimum Gasteiger partial charge on any atom is -0.366 e. The molecule has 1 saturated heterocycles. The van der Waals surface area contributed by atoms with Gasteiger partial charge in [-0.15, -0.1) is 0 Å². The maximum atomic E-state index is 15.1. The fraction of sp³-hybridized carbons (Fsp3) is 0.375. The second-order valence-electron chi connectivity index (χ2n) is 8.56. The number of benzene rings is 2. The molecule has 2 heterocycles. The molecule has 0 amide bonds. The zero-order valence-corrected chi connectivity index (χ0v) is 19.1. The highest BCUT2D eigenvalue weighted by Gasteiger charge is 2.27. The van der Waals surface area contributed by atoms with Crippen LogP contribution in [0, 0.1) is 19.7 Å². The molecule has 0 N–H and O–H groups in total. The molecule has 0 spiro atoms. The van der Waals surface area contributed by atoms with E-state index in [0.29, 0.717) is 16.8 Å². The van der Waals surface area contributed by atoms with Crippen LogP contribution in [-0.4, -0.2) is 25.6 Å². The number of aromatic nitrogens is 1. The first-order chi connectivity index (χ1) is 14.6. The van der Waals surface area contributed by atoms with Crippen LogP contribution >= 0.6 is 0 Å². The molecule has 3 aromatic rings. The van der Waals surface area contributed by atoms with E-state index in [0.717, 1.165) is 31.4 Å². The summed E-state index contributed by atoms with van der Waals surface area (Å²) >= 11 is 0. The molecule has 1 aliphatic rings. The first kappa shape index (κ1) is 21.6. The van der Waals surface area contributed by atoms with Crippen molar-refractivity contribution in [1.29, 1.82) is 0 Å². The summed E-state index contributed by atoms with van der Waals surface area (Å²) in [6.45, 7) is 6.33. The van der Waals surface area contributed by atoms with Crippen LogP contribution < -0.4 is 10.3 Å². The van der Waals surface area contributed by atoms with E-state index in [4.69, 9.17) is 0 Å². The quantitative estimate of drug-likeness (QED) is 0.599. The molecule has 4 rings (SSSR count). The number of hydrogen-bond donors (Lipinski definition) is 0. The zero-order valence-electron chi connectivity index (χ0n) is 18.3. The molecule has 31 heavy (non-hydrogen) atoms. The Hall–Kier alpha value is -2.67. The molecule has 164 valence electrons. The van der Waals surface area contributed by atoms with Crippen molar-refractivity contribution < 1.29 is 12.8 Å². The Morgan fingerprint density at radius 2 is 1.81 bits per heavy atom. The Labute approximate surface area is 182 Å². The predicted molar refractivity (Wildman–Crippen MR) is 121 cm³/mol. The minimum atomic E-state index is -4.06. The number of anilines is 1. The number of aryl methyl sites for hydroxylation is 3. The lowest BCUT2D eigenvalue weighted by Crippen LogP contribution is -2.38. The van der Waals surface area contributed by atoms with Crippen molar-refractivity contribution in [3.05, 3.63) is 63.7 Å². The fourth-order valence-corrected chi connectivity index (χ4v) is 6.16. The average Bonchev–Trinajstić information content (AvgIpc) is 2.72. The molecule has 1 fully saturated rings. The van der Waals surface area contributed by atoms with Gasteiger partial charge in [0.1, 0.15) is 10.7 Å². The summed E-state index contributed by atoms with van der Waals surface area (Å²) in [4.78, 5) is 15.0. The van der Waals surface area contributed by atoms with Gasteiger partial charge < -0.3 is 9.47 Å². The van der Waals surface area contributed by atoms with Crippen molar-refractivity contribution in [2.45, 2.75) is 55.9 Å². The second-order valence-corrected chi connectivity index (χ2v) is 10.5. The summed E-state index contributed by atoms with van der Waals surface area (Å²) in [5.74, 6) is -0.500. The zero-order chi connectivity index (χ0) is 22.5. The topological polar surface area (TPSA) is 59.4 Å². The van der Waals surface area contributed by atoms with Gasteiger partial charge in [0.2, 0.25) is 15.3 Å². The third kappa shape index (κ3) is 3.65. The van der Waals surface area contributed by atoms with Crippen molar-refractivity contribution in [2.75, 3.05) is 11.4 Å². The Kier molecular flexibility index (Phi) is 5.41. The Morgan fingerprint density at radius 1 is 1.06 bits per heavy atom. The maximum Gasteiger partial charge on any atom is 0.212 e. The van der Waals surface area contributed by atoms with Crippen LogP contribution in [0.5, 0.6) is 0 Å². The van der Waals surface area contributed by atoms with E-state index >= 15 is 4.39 Å². The van der Waals surface area contributed by atoms with E-state index in [1.165, 1.54) is 12.3 Å². The first-order valence-electron chi connectivity index (χ1n) is 10.5. The highest BCUT2D eigenvalue weighted by atomic mass is 32.2. The lowest BCUT2D eigenvalue weighted by atomic mass is 10.0. The highest BCUT2D eigenvalue weighted by molar-refractivity contribution is 7.91. The Bertz CT molecular complexity index is 1350. The predicted octanol–water partition coefficient (Wildman–Crippen LogP) is 4.51. The molecule has 0 bridgehead atoms. The molecule has 0 unspecified atom stereocenters. The largest absolute Gasteiger partial charge is 0.366 e. The van der Waals surface area contributed by atoms with E-state index in [9.17, 15) is 13.2 Å². The van der Waals surface area contributed by atoms with Gasteiger partial charge in [0.25, 0.3) is 0 Å². The number of piperidine rings is 1. The summed E-state index contributed by atoms with van der Waals surface area (Å²) in [6, 6.07) is 8.18. The molecule has 1 atom stereocenters. The Balaban J connectivity index is 1.92. The van der Waals surface area contributed by atoms with Gasteiger partial charge in [-0.3, -0.25) is 4.79 Å². The normalized spacial score (nSPS) is 17.3. The van der Waals surface area contributed by atoms with Gasteiger partial charge in [-0.05, 0) is 69.4 Å². The monoisotopic (exact) mass is 442 g/mol. The van der Waals surface area contributed by atoms with Gasteiger partial charge in [0, 0.05) is 25.8 Å². The smallest absolute Gasteiger partial charge is 0.212 e. The summed E-state index contributed by atoms with van der Waals surface area (Å²) < 4.78 is 43.4. The van der Waals surface area contributed by atoms with Crippen molar-refractivity contribution in [2.24, 2.45) is 7.05 Å². The molecular formula is C24H27FN2O3S. The molecule has 7 heteroatoms. The van der Waals surface area contributed by atoms with Crippen LogP contribution in [0.15, 0.2) is 51.1 Å². The van der Waals surface area contributed by atoms with Gasteiger partial charge >= 0.3 is 0 Å². The van der Waals surface area contributed by atoms with Crippen molar-refractivity contribution in [3.63, 3.8) is 0 Å².